The fourth-order valence-electron chi connectivity index (χ4n) is 1.48. The summed E-state index contributed by atoms with van der Waals surface area (Å²) in [5.74, 6) is 0.597. The second-order valence-corrected chi connectivity index (χ2v) is 4.16. The largest absolute Gasteiger partial charge is 0.370 e. The molecule has 0 radical (unpaired) electrons. The first-order valence-corrected chi connectivity index (χ1v) is 6.27. The molecule has 0 aromatic heterocycles. The lowest BCUT2D eigenvalue weighted by Crippen LogP contribution is -2.38. The molecule has 1 unspecified atom stereocenters. The van der Waals surface area contributed by atoms with Gasteiger partial charge >= 0.3 is 0 Å². The summed E-state index contributed by atoms with van der Waals surface area (Å²) in [6, 6.07) is 0.447. The average Bonchev–Trinajstić information content (AvgIpc) is 2.21. The lowest BCUT2D eigenvalue weighted by molar-refractivity contribution is 0.541. The van der Waals surface area contributed by atoms with Gasteiger partial charge < -0.3 is 11.1 Å². The predicted molar refractivity (Wildman–Crippen MR) is 68.1 cm³/mol. The zero-order chi connectivity index (χ0) is 11.5. The van der Waals surface area contributed by atoms with Crippen LogP contribution in [0.3, 0.4) is 0 Å². The summed E-state index contributed by atoms with van der Waals surface area (Å²) in [4.78, 5) is 4.21. The Kier molecular flexibility index (Phi) is 9.33. The molecule has 0 aliphatic heterocycles. The summed E-state index contributed by atoms with van der Waals surface area (Å²) < 4.78 is 0. The third-order valence-corrected chi connectivity index (χ3v) is 2.39. The molecule has 0 amide bonds. The van der Waals surface area contributed by atoms with Gasteiger partial charge in [-0.25, -0.2) is 0 Å². The quantitative estimate of drug-likeness (QED) is 0.370. The monoisotopic (exact) mass is 213 g/mol. The molecule has 0 aliphatic carbocycles. The van der Waals surface area contributed by atoms with E-state index in [-0.39, 0.29) is 0 Å². The van der Waals surface area contributed by atoms with Crippen LogP contribution in [0.25, 0.3) is 0 Å². The molecule has 0 aliphatic rings. The zero-order valence-electron chi connectivity index (χ0n) is 10.6. The standard InChI is InChI=1S/C12H27N3/c1-4-6-7-8-9-11(3)15-12(13)14-10-5-2/h11H,4-10H2,1-3H3,(H3,13,14,15). The molecule has 0 bridgehead atoms. The van der Waals surface area contributed by atoms with Gasteiger partial charge in [-0.05, 0) is 19.8 Å². The van der Waals surface area contributed by atoms with Gasteiger partial charge in [0.2, 0.25) is 0 Å². The maximum atomic E-state index is 5.73. The molecule has 0 fully saturated rings. The van der Waals surface area contributed by atoms with Crippen molar-refractivity contribution in [3.63, 3.8) is 0 Å². The highest BCUT2D eigenvalue weighted by atomic mass is 15.1. The molecule has 0 heterocycles. The Labute approximate surface area is 94.5 Å². The highest BCUT2D eigenvalue weighted by Crippen LogP contribution is 2.04. The number of rotatable bonds is 8. The Morgan fingerprint density at radius 2 is 1.93 bits per heavy atom. The van der Waals surface area contributed by atoms with Crippen molar-refractivity contribution in [1.82, 2.24) is 5.32 Å². The second kappa shape index (κ2) is 9.81. The third-order valence-electron chi connectivity index (χ3n) is 2.39. The maximum Gasteiger partial charge on any atom is 0.188 e. The normalized spacial score (nSPS) is 13.9. The van der Waals surface area contributed by atoms with E-state index in [1.165, 1.54) is 32.1 Å². The topological polar surface area (TPSA) is 50.4 Å². The van der Waals surface area contributed by atoms with Crippen molar-refractivity contribution in [3.05, 3.63) is 0 Å². The van der Waals surface area contributed by atoms with E-state index < -0.39 is 0 Å². The van der Waals surface area contributed by atoms with Gasteiger partial charge in [-0.15, -0.1) is 0 Å². The Morgan fingerprint density at radius 1 is 1.20 bits per heavy atom. The van der Waals surface area contributed by atoms with Gasteiger partial charge in [-0.1, -0.05) is 39.5 Å². The van der Waals surface area contributed by atoms with E-state index in [0.717, 1.165) is 13.0 Å². The van der Waals surface area contributed by atoms with Crippen LogP contribution in [0.2, 0.25) is 0 Å². The van der Waals surface area contributed by atoms with Crippen LogP contribution in [-0.4, -0.2) is 18.5 Å². The van der Waals surface area contributed by atoms with Crippen molar-refractivity contribution >= 4 is 5.96 Å². The van der Waals surface area contributed by atoms with Gasteiger partial charge in [0, 0.05) is 12.6 Å². The zero-order valence-corrected chi connectivity index (χ0v) is 10.6. The van der Waals surface area contributed by atoms with E-state index in [2.05, 4.69) is 31.1 Å². The highest BCUT2D eigenvalue weighted by molar-refractivity contribution is 5.78. The van der Waals surface area contributed by atoms with Crippen LogP contribution in [0, 0.1) is 0 Å². The predicted octanol–water partition coefficient (Wildman–Crippen LogP) is 2.66. The van der Waals surface area contributed by atoms with Crippen LogP contribution in [0.15, 0.2) is 4.99 Å². The minimum Gasteiger partial charge on any atom is -0.370 e. The van der Waals surface area contributed by atoms with Gasteiger partial charge in [-0.3, -0.25) is 4.99 Å². The number of nitrogens with one attached hydrogen (secondary N) is 1. The molecule has 0 aromatic rings. The molecule has 0 aromatic carbocycles. The molecule has 1 atom stereocenters. The molecule has 3 N–H and O–H groups in total. The smallest absolute Gasteiger partial charge is 0.188 e. The Hall–Kier alpha value is -0.730. The van der Waals surface area contributed by atoms with Crippen LogP contribution < -0.4 is 11.1 Å². The Morgan fingerprint density at radius 3 is 2.53 bits per heavy atom. The van der Waals surface area contributed by atoms with Crippen LogP contribution >= 0.6 is 0 Å². The molecular formula is C12H27N3. The van der Waals surface area contributed by atoms with Gasteiger partial charge in [0.15, 0.2) is 5.96 Å². The minimum absolute atomic E-state index is 0.447. The van der Waals surface area contributed by atoms with Gasteiger partial charge in [-0.2, -0.15) is 0 Å². The number of hydrogen-bond acceptors (Lipinski definition) is 1. The molecule has 0 spiro atoms. The summed E-state index contributed by atoms with van der Waals surface area (Å²) >= 11 is 0. The van der Waals surface area contributed by atoms with Crippen molar-refractivity contribution < 1.29 is 0 Å². The van der Waals surface area contributed by atoms with E-state index in [9.17, 15) is 0 Å². The number of guanidine groups is 1. The molecule has 3 heteroatoms. The summed E-state index contributed by atoms with van der Waals surface area (Å²) in [5, 5.41) is 3.22. The van der Waals surface area contributed by atoms with Crippen molar-refractivity contribution in [1.29, 1.82) is 0 Å². The molecule has 0 saturated heterocycles. The summed E-state index contributed by atoms with van der Waals surface area (Å²) in [7, 11) is 0. The van der Waals surface area contributed by atoms with E-state index >= 15 is 0 Å². The van der Waals surface area contributed by atoms with Crippen LogP contribution in [0.1, 0.15) is 59.3 Å². The van der Waals surface area contributed by atoms with Crippen LogP contribution in [-0.2, 0) is 0 Å². The van der Waals surface area contributed by atoms with Crippen LogP contribution in [0.5, 0.6) is 0 Å². The molecule has 3 nitrogen and oxygen atoms in total. The van der Waals surface area contributed by atoms with Crippen molar-refractivity contribution in [3.8, 4) is 0 Å². The summed E-state index contributed by atoms with van der Waals surface area (Å²) in [5.41, 5.74) is 5.73. The van der Waals surface area contributed by atoms with Crippen molar-refractivity contribution in [2.75, 3.05) is 6.54 Å². The molecule has 0 saturated carbocycles. The summed E-state index contributed by atoms with van der Waals surface area (Å²) in [6.45, 7) is 7.32. The second-order valence-electron chi connectivity index (χ2n) is 4.16. The first-order chi connectivity index (χ1) is 7.20. The number of nitrogens with two attached hydrogens (primary N) is 1. The van der Waals surface area contributed by atoms with Gasteiger partial charge in [0.1, 0.15) is 0 Å². The molecule has 15 heavy (non-hydrogen) atoms. The number of aliphatic imine (C=N–C) groups is 1. The van der Waals surface area contributed by atoms with Gasteiger partial charge in [0.05, 0.1) is 0 Å². The third kappa shape index (κ3) is 9.57. The minimum atomic E-state index is 0.447. The SMILES string of the molecule is CCCCCCC(C)NC(N)=NCCC. The summed E-state index contributed by atoms with van der Waals surface area (Å²) in [6.07, 6.45) is 7.47. The average molecular weight is 213 g/mol. The fraction of sp³-hybridized carbons (Fsp3) is 0.917. The van der Waals surface area contributed by atoms with E-state index in [1.54, 1.807) is 0 Å². The number of unbranched alkanes of at least 4 members (excludes halogenated alkanes) is 3. The molecule has 0 rings (SSSR count). The lowest BCUT2D eigenvalue weighted by Gasteiger charge is -2.14. The number of nitrogens with zero attached hydrogens (tertiary/aromatic N) is 1. The van der Waals surface area contributed by atoms with Crippen LogP contribution in [0.4, 0.5) is 0 Å². The molecule has 90 valence electrons. The Bertz CT molecular complexity index is 166. The first kappa shape index (κ1) is 14.3. The first-order valence-electron chi connectivity index (χ1n) is 6.27. The Balaban J connectivity index is 3.50. The lowest BCUT2D eigenvalue weighted by atomic mass is 10.1. The highest BCUT2D eigenvalue weighted by Gasteiger charge is 2.01. The maximum absolute atomic E-state index is 5.73. The van der Waals surface area contributed by atoms with Gasteiger partial charge in [0.25, 0.3) is 0 Å². The molecular weight excluding hydrogens is 186 g/mol. The van der Waals surface area contributed by atoms with E-state index in [1.807, 2.05) is 0 Å². The van der Waals surface area contributed by atoms with E-state index in [4.69, 9.17) is 5.73 Å². The fourth-order valence-corrected chi connectivity index (χ4v) is 1.48. The number of hydrogen-bond donors (Lipinski definition) is 2. The van der Waals surface area contributed by atoms with Crippen molar-refractivity contribution in [2.45, 2.75) is 65.3 Å². The van der Waals surface area contributed by atoms with E-state index in [0.29, 0.717) is 12.0 Å². The van der Waals surface area contributed by atoms with Crippen molar-refractivity contribution in [2.24, 2.45) is 10.7 Å².